The first-order valence-electron chi connectivity index (χ1n) is 6.12. The van der Waals surface area contributed by atoms with Crippen molar-refractivity contribution in [2.24, 2.45) is 0 Å². The van der Waals surface area contributed by atoms with Crippen molar-refractivity contribution in [3.05, 3.63) is 60.3 Å². The van der Waals surface area contributed by atoms with Gasteiger partial charge in [0, 0.05) is 11.6 Å². The number of rotatable bonds is 2. The van der Waals surface area contributed by atoms with Crippen molar-refractivity contribution in [2.75, 3.05) is 5.73 Å². The van der Waals surface area contributed by atoms with Gasteiger partial charge in [0.25, 0.3) is 0 Å². The number of nitrogen functional groups attached to an aromatic ring is 1. The number of benzene rings is 2. The lowest BCUT2D eigenvalue weighted by Crippen LogP contribution is -1.93. The Morgan fingerprint density at radius 2 is 1.84 bits per heavy atom. The molecule has 0 saturated heterocycles. The molecule has 3 rings (SSSR count). The maximum atomic E-state index is 5.94. The molecule has 0 saturated carbocycles. The summed E-state index contributed by atoms with van der Waals surface area (Å²) in [7, 11) is 0. The molecular formula is C16H14N2O. The summed E-state index contributed by atoms with van der Waals surface area (Å²) in [5.74, 6) is 1.38. The van der Waals surface area contributed by atoms with E-state index in [1.54, 1.807) is 6.20 Å². The average Bonchev–Trinajstić information content (AvgIpc) is 2.43. The Balaban J connectivity index is 2.08. The van der Waals surface area contributed by atoms with Crippen LogP contribution in [0.4, 0.5) is 5.69 Å². The second-order valence-corrected chi connectivity index (χ2v) is 4.47. The molecule has 0 fully saturated rings. The summed E-state index contributed by atoms with van der Waals surface area (Å²) in [6, 6.07) is 15.5. The van der Waals surface area contributed by atoms with Crippen LogP contribution in [0.2, 0.25) is 0 Å². The van der Waals surface area contributed by atoms with Gasteiger partial charge in [0.05, 0.1) is 5.69 Å². The van der Waals surface area contributed by atoms with E-state index in [2.05, 4.69) is 4.98 Å². The molecule has 1 aromatic heterocycles. The Morgan fingerprint density at radius 1 is 1.00 bits per heavy atom. The van der Waals surface area contributed by atoms with Crippen LogP contribution in [-0.4, -0.2) is 4.98 Å². The number of fused-ring (bicyclic) bond motifs is 1. The fraction of sp³-hybridized carbons (Fsp3) is 0.0625. The first-order chi connectivity index (χ1) is 9.24. The van der Waals surface area contributed by atoms with E-state index in [-0.39, 0.29) is 0 Å². The Hall–Kier alpha value is -2.55. The predicted molar refractivity (Wildman–Crippen MR) is 77.4 cm³/mol. The number of aryl methyl sites for hydroxylation is 1. The molecule has 0 atom stereocenters. The van der Waals surface area contributed by atoms with E-state index in [1.165, 1.54) is 0 Å². The number of anilines is 1. The number of nitrogens with zero attached hydrogens (tertiary/aromatic N) is 1. The van der Waals surface area contributed by atoms with Crippen molar-refractivity contribution in [1.29, 1.82) is 0 Å². The molecule has 3 heteroatoms. The number of hydrogen-bond acceptors (Lipinski definition) is 3. The van der Waals surface area contributed by atoms with Crippen molar-refractivity contribution in [2.45, 2.75) is 6.92 Å². The number of aromatic nitrogens is 1. The zero-order valence-corrected chi connectivity index (χ0v) is 10.6. The van der Waals surface area contributed by atoms with Crippen molar-refractivity contribution in [3.8, 4) is 11.5 Å². The zero-order chi connectivity index (χ0) is 13.2. The van der Waals surface area contributed by atoms with Crippen LogP contribution in [0, 0.1) is 6.92 Å². The highest BCUT2D eigenvalue weighted by molar-refractivity contribution is 5.84. The molecule has 0 aliphatic carbocycles. The average molecular weight is 250 g/mol. The van der Waals surface area contributed by atoms with Crippen LogP contribution >= 0.6 is 0 Å². The van der Waals surface area contributed by atoms with Gasteiger partial charge in [0.15, 0.2) is 11.5 Å². The lowest BCUT2D eigenvalue weighted by Gasteiger charge is -2.10. The Kier molecular flexibility index (Phi) is 2.80. The Morgan fingerprint density at radius 3 is 2.74 bits per heavy atom. The van der Waals surface area contributed by atoms with Crippen molar-refractivity contribution in [1.82, 2.24) is 4.98 Å². The zero-order valence-electron chi connectivity index (χ0n) is 10.6. The molecule has 0 aliphatic rings. The van der Waals surface area contributed by atoms with Crippen molar-refractivity contribution >= 4 is 16.6 Å². The molecule has 0 bridgehead atoms. The summed E-state index contributed by atoms with van der Waals surface area (Å²) in [4.78, 5) is 4.36. The van der Waals surface area contributed by atoms with E-state index in [1.807, 2.05) is 55.5 Å². The molecule has 2 aromatic carbocycles. The van der Waals surface area contributed by atoms with Crippen molar-refractivity contribution < 1.29 is 4.74 Å². The number of pyridine rings is 1. The van der Waals surface area contributed by atoms with Crippen LogP contribution in [0.15, 0.2) is 54.7 Å². The van der Waals surface area contributed by atoms with Gasteiger partial charge in [-0.05, 0) is 36.8 Å². The Labute approximate surface area is 111 Å². The molecule has 0 radical (unpaired) electrons. The van der Waals surface area contributed by atoms with E-state index in [9.17, 15) is 0 Å². The van der Waals surface area contributed by atoms with E-state index in [4.69, 9.17) is 10.5 Å². The minimum absolute atomic E-state index is 0.624. The lowest BCUT2D eigenvalue weighted by atomic mass is 10.2. The van der Waals surface area contributed by atoms with Gasteiger partial charge in [-0.2, -0.15) is 0 Å². The van der Waals surface area contributed by atoms with Crippen LogP contribution < -0.4 is 10.5 Å². The van der Waals surface area contributed by atoms with E-state index >= 15 is 0 Å². The predicted octanol–water partition coefficient (Wildman–Crippen LogP) is 3.92. The molecule has 0 spiro atoms. The highest BCUT2D eigenvalue weighted by Crippen LogP contribution is 2.32. The molecule has 3 nitrogen and oxygen atoms in total. The van der Waals surface area contributed by atoms with Gasteiger partial charge in [-0.3, -0.25) is 4.98 Å². The number of ether oxygens (including phenoxy) is 1. The Bertz CT molecular complexity index is 732. The summed E-state index contributed by atoms with van der Waals surface area (Å²) in [5, 5.41) is 1.05. The first kappa shape index (κ1) is 11.5. The highest BCUT2D eigenvalue weighted by atomic mass is 16.5. The van der Waals surface area contributed by atoms with Gasteiger partial charge >= 0.3 is 0 Å². The van der Waals surface area contributed by atoms with Gasteiger partial charge in [0.1, 0.15) is 5.52 Å². The maximum absolute atomic E-state index is 5.94. The molecule has 94 valence electrons. The number of hydrogen-bond donors (Lipinski definition) is 1. The minimum Gasteiger partial charge on any atom is -0.453 e. The molecule has 0 amide bonds. The fourth-order valence-electron chi connectivity index (χ4n) is 2.01. The number of para-hydroxylation sites is 1. The number of nitrogens with two attached hydrogens (primary N) is 1. The smallest absolute Gasteiger partial charge is 0.153 e. The van der Waals surface area contributed by atoms with Gasteiger partial charge in [0.2, 0.25) is 0 Å². The topological polar surface area (TPSA) is 48.1 Å². The van der Waals surface area contributed by atoms with E-state index < -0.39 is 0 Å². The van der Waals surface area contributed by atoms with E-state index in [0.29, 0.717) is 11.4 Å². The van der Waals surface area contributed by atoms with Gasteiger partial charge < -0.3 is 10.5 Å². The highest BCUT2D eigenvalue weighted by Gasteiger charge is 2.06. The second kappa shape index (κ2) is 4.61. The molecule has 2 N–H and O–H groups in total. The van der Waals surface area contributed by atoms with E-state index in [0.717, 1.165) is 22.2 Å². The normalized spacial score (nSPS) is 10.6. The van der Waals surface area contributed by atoms with Crippen LogP contribution in [0.3, 0.4) is 0 Å². The summed E-state index contributed by atoms with van der Waals surface area (Å²) in [6.07, 6.45) is 1.76. The molecule has 19 heavy (non-hydrogen) atoms. The lowest BCUT2D eigenvalue weighted by molar-refractivity contribution is 0.489. The minimum atomic E-state index is 0.624. The van der Waals surface area contributed by atoms with Gasteiger partial charge in [-0.1, -0.05) is 24.3 Å². The van der Waals surface area contributed by atoms with Crippen LogP contribution in [0.5, 0.6) is 11.5 Å². The SMILES string of the molecule is Cc1ccc(N)c(Oc2cccc3cccnc23)c1. The van der Waals surface area contributed by atoms with Crippen LogP contribution in [0.25, 0.3) is 10.9 Å². The van der Waals surface area contributed by atoms with Crippen LogP contribution in [0.1, 0.15) is 5.56 Å². The second-order valence-electron chi connectivity index (χ2n) is 4.47. The third-order valence-electron chi connectivity index (χ3n) is 2.98. The van der Waals surface area contributed by atoms with Crippen molar-refractivity contribution in [3.63, 3.8) is 0 Å². The third-order valence-corrected chi connectivity index (χ3v) is 2.98. The van der Waals surface area contributed by atoms with Crippen LogP contribution in [-0.2, 0) is 0 Å². The largest absolute Gasteiger partial charge is 0.453 e. The molecule has 1 heterocycles. The monoisotopic (exact) mass is 250 g/mol. The fourth-order valence-corrected chi connectivity index (χ4v) is 2.01. The summed E-state index contributed by atoms with van der Waals surface area (Å²) in [6.45, 7) is 2.01. The molecule has 0 aliphatic heterocycles. The molecule has 0 unspecified atom stereocenters. The van der Waals surface area contributed by atoms with Gasteiger partial charge in [-0.15, -0.1) is 0 Å². The molecular weight excluding hydrogens is 236 g/mol. The third kappa shape index (κ3) is 2.22. The van der Waals surface area contributed by atoms with Gasteiger partial charge in [-0.25, -0.2) is 0 Å². The summed E-state index contributed by atoms with van der Waals surface area (Å²) < 4.78 is 5.92. The first-order valence-corrected chi connectivity index (χ1v) is 6.12. The quantitative estimate of drug-likeness (QED) is 0.701. The summed E-state index contributed by atoms with van der Waals surface area (Å²) in [5.41, 5.74) is 8.51. The maximum Gasteiger partial charge on any atom is 0.153 e. The standard InChI is InChI=1S/C16H14N2O/c1-11-7-8-13(17)15(10-11)19-14-6-2-4-12-5-3-9-18-16(12)14/h2-10H,17H2,1H3. The molecule has 3 aromatic rings. The summed E-state index contributed by atoms with van der Waals surface area (Å²) >= 11 is 0.